The first-order valence-electron chi connectivity index (χ1n) is 2.49. The molecule has 0 amide bonds. The Bertz CT molecular complexity index is 241. The average molecular weight is 426 g/mol. The van der Waals surface area contributed by atoms with E-state index in [1.165, 1.54) is 0 Å². The van der Waals surface area contributed by atoms with E-state index in [-0.39, 0.29) is 17.2 Å². The summed E-state index contributed by atoms with van der Waals surface area (Å²) in [6, 6.07) is 0. The molecule has 0 aliphatic heterocycles. The Labute approximate surface area is 87.8 Å². The Morgan fingerprint density at radius 3 is 2.90 bits per heavy atom. The third-order valence-electron chi connectivity index (χ3n) is 0.954. The fraction of sp³-hybridized carbons (Fsp3) is 0.200. The quantitative estimate of drug-likeness (QED) is 0.433. The van der Waals surface area contributed by atoms with Gasteiger partial charge in [0.1, 0.15) is 0 Å². The van der Waals surface area contributed by atoms with Crippen LogP contribution in [-0.2, 0) is 0 Å². The summed E-state index contributed by atoms with van der Waals surface area (Å²) < 4.78 is 1.99. The second-order valence-electron chi connectivity index (χ2n) is 1.64. The zero-order valence-corrected chi connectivity index (χ0v) is 11.0. The number of rotatable bonds is 1. The van der Waals surface area contributed by atoms with E-state index in [1.54, 1.807) is 0 Å². The summed E-state index contributed by atoms with van der Waals surface area (Å²) in [5.41, 5.74) is 1.03. The van der Waals surface area contributed by atoms with Crippen LogP contribution in [0, 0.1) is 10.8 Å². The van der Waals surface area contributed by atoms with E-state index in [1.807, 2.05) is 13.1 Å². The molecule has 0 aromatic carbocycles. The van der Waals surface area contributed by atoms with Crippen molar-refractivity contribution in [3.05, 3.63) is 20.2 Å². The van der Waals surface area contributed by atoms with E-state index in [9.17, 15) is 0 Å². The first kappa shape index (κ1) is 9.11. The minimum absolute atomic E-state index is 0.00674. The van der Waals surface area contributed by atoms with Crippen molar-refractivity contribution in [2.45, 2.75) is 6.92 Å². The van der Waals surface area contributed by atoms with Crippen molar-refractivity contribution in [2.24, 2.45) is 0 Å². The number of nitrogens with zero attached hydrogens (tertiary/aromatic N) is 2. The van der Waals surface area contributed by atoms with Gasteiger partial charge in [-0.2, -0.15) is 0 Å². The molecule has 0 radical (unpaired) electrons. The number of aryl methyl sites for hydroxylation is 1. The molecule has 2 nitrogen and oxygen atoms in total. The van der Waals surface area contributed by atoms with Gasteiger partial charge in [-0.3, -0.25) is 0 Å². The Hall–Kier alpha value is 1.02. The van der Waals surface area contributed by atoms with Crippen molar-refractivity contribution >= 4 is 34.5 Å². The maximum absolute atomic E-state index is 4.27. The Morgan fingerprint density at radius 2 is 2.40 bits per heavy atom. The molecule has 0 saturated carbocycles. The molecule has 1 heterocycles. The fourth-order valence-corrected chi connectivity index (χ4v) is 2.66. The van der Waals surface area contributed by atoms with Crippen molar-refractivity contribution < 1.29 is 17.2 Å². The van der Waals surface area contributed by atoms with Crippen LogP contribution in [0.15, 0.2) is 10.7 Å². The maximum atomic E-state index is 4.27. The molecule has 1 aromatic rings. The van der Waals surface area contributed by atoms with Gasteiger partial charge in [0.15, 0.2) is 0 Å². The normalized spacial score (nSPS) is 10.3. The molecule has 0 atom stereocenters. The SMILES string of the molecule is Cc1nc([I-]I)ncc1Br. The van der Waals surface area contributed by atoms with Gasteiger partial charge < -0.3 is 0 Å². The second kappa shape index (κ2) is 4.15. The molecule has 0 spiro atoms. The third kappa shape index (κ3) is 2.26. The first-order valence-corrected chi connectivity index (χ1v) is 10.6. The van der Waals surface area contributed by atoms with Gasteiger partial charge in [0.05, 0.1) is 0 Å². The number of hydrogen-bond donors (Lipinski definition) is 0. The van der Waals surface area contributed by atoms with E-state index in [0.717, 1.165) is 14.0 Å². The van der Waals surface area contributed by atoms with Crippen LogP contribution >= 0.6 is 34.5 Å². The van der Waals surface area contributed by atoms with Gasteiger partial charge in [0.2, 0.25) is 0 Å². The van der Waals surface area contributed by atoms with Crippen molar-refractivity contribution in [3.8, 4) is 0 Å². The topological polar surface area (TPSA) is 25.8 Å². The van der Waals surface area contributed by atoms with Gasteiger partial charge in [-0.25, -0.2) is 0 Å². The van der Waals surface area contributed by atoms with Crippen LogP contribution in [0.3, 0.4) is 0 Å². The zero-order valence-electron chi connectivity index (χ0n) is 5.11. The molecule has 0 bridgehead atoms. The van der Waals surface area contributed by atoms with Crippen LogP contribution in [0.5, 0.6) is 0 Å². The van der Waals surface area contributed by atoms with Gasteiger partial charge in [0, 0.05) is 0 Å². The van der Waals surface area contributed by atoms with Crippen LogP contribution in [0.2, 0.25) is 0 Å². The predicted octanol–water partition coefficient (Wildman–Crippen LogP) is -0.844. The molecule has 0 aliphatic rings. The molecular weight excluding hydrogens is 422 g/mol. The summed E-state index contributed by atoms with van der Waals surface area (Å²) in [5.74, 6) is 0. The molecule has 0 fully saturated rings. The second-order valence-corrected chi connectivity index (χ2v) is 6.61. The monoisotopic (exact) mass is 425 g/mol. The van der Waals surface area contributed by atoms with Gasteiger partial charge >= 0.3 is 88.9 Å². The molecule has 0 saturated heterocycles. The van der Waals surface area contributed by atoms with E-state index in [0.29, 0.717) is 0 Å². The molecule has 56 valence electrons. The summed E-state index contributed by atoms with van der Waals surface area (Å²) in [4.78, 5) is 8.42. The summed E-state index contributed by atoms with van der Waals surface area (Å²) in [6.07, 6.45) is 1.82. The fourth-order valence-electron chi connectivity index (χ4n) is 0.458. The Balaban J connectivity index is 3.04. The molecule has 1 aromatic heterocycles. The summed E-state index contributed by atoms with van der Waals surface area (Å²) >= 11 is 5.70. The summed E-state index contributed by atoms with van der Waals surface area (Å²) in [7, 11) is 0. The molecule has 0 aliphatic carbocycles. The summed E-state index contributed by atoms with van der Waals surface area (Å²) in [5, 5.41) is 0. The van der Waals surface area contributed by atoms with Crippen LogP contribution in [0.4, 0.5) is 0 Å². The van der Waals surface area contributed by atoms with E-state index in [4.69, 9.17) is 0 Å². The van der Waals surface area contributed by atoms with E-state index >= 15 is 0 Å². The molecule has 10 heavy (non-hydrogen) atoms. The number of aromatic nitrogens is 2. The first-order chi connectivity index (χ1) is 4.74. The Morgan fingerprint density at radius 1 is 1.70 bits per heavy atom. The van der Waals surface area contributed by atoms with Gasteiger partial charge in [-0.05, 0) is 0 Å². The standard InChI is InChI=1S/C5H4BrI2N2/c1-3-4(6)2-9-5(8-7)10-3/h2H,1H3/q-1. The van der Waals surface area contributed by atoms with Gasteiger partial charge in [-0.1, -0.05) is 0 Å². The average Bonchev–Trinajstić information content (AvgIpc) is 1.95. The van der Waals surface area contributed by atoms with Crippen LogP contribution < -0.4 is 17.2 Å². The van der Waals surface area contributed by atoms with Crippen molar-refractivity contribution in [3.63, 3.8) is 0 Å². The molecule has 5 heteroatoms. The predicted molar refractivity (Wildman–Crippen MR) is 47.2 cm³/mol. The minimum atomic E-state index is 0.00674. The number of hydrogen-bond acceptors (Lipinski definition) is 2. The molecule has 1 rings (SSSR count). The Kier molecular flexibility index (Phi) is 3.78. The molecule has 0 unspecified atom stereocenters. The van der Waals surface area contributed by atoms with Crippen LogP contribution in [0.1, 0.15) is 5.69 Å². The van der Waals surface area contributed by atoms with Crippen molar-refractivity contribution in [2.75, 3.05) is 0 Å². The number of halogens is 3. The van der Waals surface area contributed by atoms with Crippen LogP contribution in [0.25, 0.3) is 0 Å². The third-order valence-corrected chi connectivity index (χ3v) is 5.06. The van der Waals surface area contributed by atoms with Crippen molar-refractivity contribution in [1.29, 1.82) is 0 Å². The van der Waals surface area contributed by atoms with E-state index in [2.05, 4.69) is 44.5 Å². The van der Waals surface area contributed by atoms with Crippen molar-refractivity contribution in [1.82, 2.24) is 9.97 Å². The van der Waals surface area contributed by atoms with Gasteiger partial charge in [0.25, 0.3) is 0 Å². The molecule has 0 N–H and O–H groups in total. The summed E-state index contributed by atoms with van der Waals surface area (Å²) in [6.45, 7) is 1.98. The molecular formula is C5H4BrI2N2-. The van der Waals surface area contributed by atoms with E-state index < -0.39 is 0 Å². The van der Waals surface area contributed by atoms with Gasteiger partial charge in [-0.15, -0.1) is 0 Å². The zero-order chi connectivity index (χ0) is 7.56. The van der Waals surface area contributed by atoms with Crippen LogP contribution in [-0.4, -0.2) is 9.97 Å².